The molecule has 0 spiro atoms. The molecule has 2 amide bonds. The number of nitrogens with one attached hydrogen (secondary N) is 2. The van der Waals surface area contributed by atoms with Crippen LogP contribution in [0, 0.1) is 20.8 Å². The summed E-state index contributed by atoms with van der Waals surface area (Å²) in [6.07, 6.45) is 0. The minimum Gasteiger partial charge on any atom is -0.267 e. The molecule has 3 rings (SSSR count). The first kappa shape index (κ1) is 17.2. The highest BCUT2D eigenvalue weighted by Crippen LogP contribution is 2.28. The Morgan fingerprint density at radius 1 is 0.960 bits per heavy atom. The number of amides is 2. The van der Waals surface area contributed by atoms with Crippen LogP contribution in [0.15, 0.2) is 29.6 Å². The van der Waals surface area contributed by atoms with Gasteiger partial charge in [-0.05, 0) is 32.9 Å². The van der Waals surface area contributed by atoms with E-state index in [1.165, 1.54) is 22.7 Å². The number of aromatic nitrogens is 2. The number of rotatable bonds is 3. The first-order valence-corrected chi connectivity index (χ1v) is 9.21. The lowest BCUT2D eigenvalue weighted by Crippen LogP contribution is -2.41. The SMILES string of the molecule is Cc1ccc(C(=O)NNC(=O)c2sc(-c3csc(C)n3)nc2C)cc1. The van der Waals surface area contributed by atoms with Gasteiger partial charge in [0.25, 0.3) is 11.8 Å². The molecule has 0 fully saturated rings. The van der Waals surface area contributed by atoms with Gasteiger partial charge in [-0.3, -0.25) is 20.4 Å². The van der Waals surface area contributed by atoms with Gasteiger partial charge in [-0.15, -0.1) is 22.7 Å². The summed E-state index contributed by atoms with van der Waals surface area (Å²) in [4.78, 5) is 33.6. The van der Waals surface area contributed by atoms with Crippen LogP contribution in [0.3, 0.4) is 0 Å². The van der Waals surface area contributed by atoms with Crippen molar-refractivity contribution >= 4 is 34.5 Å². The Hall–Kier alpha value is -2.58. The number of nitrogens with zero attached hydrogens (tertiary/aromatic N) is 2. The van der Waals surface area contributed by atoms with Gasteiger partial charge in [-0.2, -0.15) is 0 Å². The fraction of sp³-hybridized carbons (Fsp3) is 0.176. The van der Waals surface area contributed by atoms with Crippen molar-refractivity contribution in [3.8, 4) is 10.7 Å². The average Bonchev–Trinajstić information content (AvgIpc) is 3.19. The molecule has 0 radical (unpaired) electrons. The van der Waals surface area contributed by atoms with E-state index in [-0.39, 0.29) is 5.91 Å². The number of hydrogen-bond acceptors (Lipinski definition) is 6. The second kappa shape index (κ2) is 7.12. The van der Waals surface area contributed by atoms with Crippen LogP contribution < -0.4 is 10.9 Å². The summed E-state index contributed by atoms with van der Waals surface area (Å²) in [5.41, 5.74) is 7.77. The second-order valence-corrected chi connectivity index (χ2v) is 7.52. The molecule has 0 atom stereocenters. The van der Waals surface area contributed by atoms with Crippen molar-refractivity contribution < 1.29 is 9.59 Å². The maximum atomic E-state index is 12.3. The van der Waals surface area contributed by atoms with Gasteiger partial charge in [0.05, 0.1) is 10.7 Å². The number of aryl methyl sites for hydroxylation is 3. The Kier molecular flexibility index (Phi) is 4.91. The van der Waals surface area contributed by atoms with Crippen molar-refractivity contribution in [2.24, 2.45) is 0 Å². The van der Waals surface area contributed by atoms with E-state index in [1.807, 2.05) is 31.4 Å². The zero-order chi connectivity index (χ0) is 18.0. The third kappa shape index (κ3) is 3.92. The van der Waals surface area contributed by atoms with E-state index in [1.54, 1.807) is 19.1 Å². The summed E-state index contributed by atoms with van der Waals surface area (Å²) in [5.74, 6) is -0.764. The van der Waals surface area contributed by atoms with E-state index in [0.717, 1.165) is 16.3 Å². The van der Waals surface area contributed by atoms with Crippen molar-refractivity contribution in [2.75, 3.05) is 0 Å². The average molecular weight is 372 g/mol. The summed E-state index contributed by atoms with van der Waals surface area (Å²) in [5, 5.41) is 3.55. The van der Waals surface area contributed by atoms with Crippen molar-refractivity contribution in [3.63, 3.8) is 0 Å². The molecule has 25 heavy (non-hydrogen) atoms. The minimum absolute atomic E-state index is 0.370. The molecular formula is C17H16N4O2S2. The van der Waals surface area contributed by atoms with Crippen LogP contribution in [0.25, 0.3) is 10.7 Å². The lowest BCUT2D eigenvalue weighted by molar-refractivity contribution is 0.0848. The first-order valence-electron chi connectivity index (χ1n) is 7.51. The maximum Gasteiger partial charge on any atom is 0.281 e. The molecule has 1 aromatic carbocycles. The first-order chi connectivity index (χ1) is 11.9. The molecule has 0 aliphatic carbocycles. The Balaban J connectivity index is 1.68. The van der Waals surface area contributed by atoms with Crippen LogP contribution >= 0.6 is 22.7 Å². The molecule has 3 aromatic rings. The molecule has 2 heterocycles. The van der Waals surface area contributed by atoms with Crippen LogP contribution in [-0.2, 0) is 0 Å². The quantitative estimate of drug-likeness (QED) is 0.691. The molecule has 128 valence electrons. The number of thiazole rings is 2. The van der Waals surface area contributed by atoms with Crippen molar-refractivity contribution in [1.82, 2.24) is 20.8 Å². The van der Waals surface area contributed by atoms with E-state index in [2.05, 4.69) is 20.8 Å². The predicted octanol–water partition coefficient (Wildman–Crippen LogP) is 3.27. The van der Waals surface area contributed by atoms with Gasteiger partial charge in [0.15, 0.2) is 0 Å². The number of hydrogen-bond donors (Lipinski definition) is 2. The minimum atomic E-state index is -0.395. The topological polar surface area (TPSA) is 84.0 Å². The predicted molar refractivity (Wildman–Crippen MR) is 98.8 cm³/mol. The van der Waals surface area contributed by atoms with Crippen molar-refractivity contribution in [3.05, 3.63) is 56.4 Å². The highest BCUT2D eigenvalue weighted by atomic mass is 32.1. The molecule has 0 saturated heterocycles. The summed E-state index contributed by atoms with van der Waals surface area (Å²) in [6, 6.07) is 7.09. The summed E-state index contributed by atoms with van der Waals surface area (Å²) < 4.78 is 0. The summed E-state index contributed by atoms with van der Waals surface area (Å²) >= 11 is 2.79. The van der Waals surface area contributed by atoms with Gasteiger partial charge < -0.3 is 0 Å². The largest absolute Gasteiger partial charge is 0.281 e. The lowest BCUT2D eigenvalue weighted by atomic mass is 10.1. The standard InChI is InChI=1S/C17H16N4O2S2/c1-9-4-6-12(7-5-9)15(22)20-21-16(23)14-10(2)18-17(25-14)13-8-24-11(3)19-13/h4-8H,1-3H3,(H,20,22)(H,21,23). The summed E-state index contributed by atoms with van der Waals surface area (Å²) in [6.45, 7) is 5.62. The van der Waals surface area contributed by atoms with E-state index in [4.69, 9.17) is 0 Å². The summed E-state index contributed by atoms with van der Waals surface area (Å²) in [7, 11) is 0. The monoisotopic (exact) mass is 372 g/mol. The van der Waals surface area contributed by atoms with Gasteiger partial charge >= 0.3 is 0 Å². The van der Waals surface area contributed by atoms with E-state index in [0.29, 0.717) is 21.1 Å². The zero-order valence-electron chi connectivity index (χ0n) is 13.9. The van der Waals surface area contributed by atoms with Gasteiger partial charge in [-0.25, -0.2) is 9.97 Å². The number of carbonyl (C=O) groups is 2. The molecule has 0 saturated carbocycles. The van der Waals surface area contributed by atoms with Crippen molar-refractivity contribution in [1.29, 1.82) is 0 Å². The van der Waals surface area contributed by atoms with Crippen molar-refractivity contribution in [2.45, 2.75) is 20.8 Å². The van der Waals surface area contributed by atoms with Crippen LogP contribution in [0.2, 0.25) is 0 Å². The van der Waals surface area contributed by atoms with Gasteiger partial charge in [0, 0.05) is 10.9 Å². The number of hydrazine groups is 1. The molecule has 2 N–H and O–H groups in total. The van der Waals surface area contributed by atoms with Gasteiger partial charge in [0.2, 0.25) is 0 Å². The molecule has 0 aliphatic heterocycles. The third-order valence-electron chi connectivity index (χ3n) is 3.44. The highest BCUT2D eigenvalue weighted by Gasteiger charge is 2.18. The third-order valence-corrected chi connectivity index (χ3v) is 5.40. The molecule has 0 aliphatic rings. The smallest absolute Gasteiger partial charge is 0.267 e. The molecule has 0 bridgehead atoms. The Labute approximate surface area is 152 Å². The lowest BCUT2D eigenvalue weighted by Gasteiger charge is -2.06. The van der Waals surface area contributed by atoms with E-state index >= 15 is 0 Å². The number of benzene rings is 1. The second-order valence-electron chi connectivity index (χ2n) is 5.46. The van der Waals surface area contributed by atoms with Crippen LogP contribution in [0.5, 0.6) is 0 Å². The van der Waals surface area contributed by atoms with Crippen LogP contribution in [-0.4, -0.2) is 21.8 Å². The fourth-order valence-electron chi connectivity index (χ4n) is 2.13. The Morgan fingerprint density at radius 3 is 2.28 bits per heavy atom. The normalized spacial score (nSPS) is 10.5. The molecule has 0 unspecified atom stereocenters. The Morgan fingerprint density at radius 2 is 1.64 bits per heavy atom. The van der Waals surface area contributed by atoms with Gasteiger partial charge in [-0.1, -0.05) is 17.7 Å². The molecule has 8 heteroatoms. The van der Waals surface area contributed by atoms with Gasteiger partial charge in [0.1, 0.15) is 15.6 Å². The van der Waals surface area contributed by atoms with E-state index < -0.39 is 5.91 Å². The highest BCUT2D eigenvalue weighted by molar-refractivity contribution is 7.17. The molecule has 2 aromatic heterocycles. The fourth-order valence-corrected chi connectivity index (χ4v) is 3.72. The molecule has 6 nitrogen and oxygen atoms in total. The van der Waals surface area contributed by atoms with Crippen LogP contribution in [0.4, 0.5) is 0 Å². The molecular weight excluding hydrogens is 356 g/mol. The van der Waals surface area contributed by atoms with Crippen LogP contribution in [0.1, 0.15) is 36.3 Å². The zero-order valence-corrected chi connectivity index (χ0v) is 15.5. The maximum absolute atomic E-state index is 12.3. The number of carbonyl (C=O) groups excluding carboxylic acids is 2. The van der Waals surface area contributed by atoms with E-state index in [9.17, 15) is 9.59 Å². The Bertz CT molecular complexity index is 929.